The zero-order valence-electron chi connectivity index (χ0n) is 11.5. The van der Waals surface area contributed by atoms with E-state index >= 15 is 0 Å². The maximum atomic E-state index is 12.4. The second-order valence-electron chi connectivity index (χ2n) is 6.00. The first-order valence-corrected chi connectivity index (χ1v) is 7.70. The summed E-state index contributed by atoms with van der Waals surface area (Å²) in [7, 11) is 0. The van der Waals surface area contributed by atoms with Gasteiger partial charge in [0.1, 0.15) is 0 Å². The van der Waals surface area contributed by atoms with E-state index in [-0.39, 0.29) is 5.78 Å². The predicted octanol–water partition coefficient (Wildman–Crippen LogP) is 3.67. The van der Waals surface area contributed by atoms with Gasteiger partial charge in [-0.3, -0.25) is 4.79 Å². The van der Waals surface area contributed by atoms with E-state index in [2.05, 4.69) is 17.4 Å². The standard InChI is InChI=1S/C17H23NO/c19-17(12-18-14-8-1-2-9-14)16-11-4-3-10-15(16)13-6-5-7-13/h3-4,10-11,13-14,18H,1-2,5-9,12H2. The molecule has 0 saturated heterocycles. The summed E-state index contributed by atoms with van der Waals surface area (Å²) in [5.41, 5.74) is 2.24. The molecule has 3 rings (SSSR count). The van der Waals surface area contributed by atoms with Crippen LogP contribution in [-0.2, 0) is 0 Å². The van der Waals surface area contributed by atoms with E-state index < -0.39 is 0 Å². The molecule has 102 valence electrons. The highest BCUT2D eigenvalue weighted by Gasteiger charge is 2.24. The average molecular weight is 257 g/mol. The maximum Gasteiger partial charge on any atom is 0.176 e. The van der Waals surface area contributed by atoms with Gasteiger partial charge in [0.25, 0.3) is 0 Å². The third-order valence-corrected chi connectivity index (χ3v) is 4.71. The van der Waals surface area contributed by atoms with Crippen molar-refractivity contribution in [2.24, 2.45) is 0 Å². The zero-order chi connectivity index (χ0) is 13.1. The Balaban J connectivity index is 1.65. The second kappa shape index (κ2) is 5.87. The van der Waals surface area contributed by atoms with Gasteiger partial charge in [0.2, 0.25) is 0 Å². The molecule has 0 bridgehead atoms. The number of hydrogen-bond acceptors (Lipinski definition) is 2. The highest BCUT2D eigenvalue weighted by Crippen LogP contribution is 2.37. The first-order valence-electron chi connectivity index (χ1n) is 7.70. The van der Waals surface area contributed by atoms with E-state index in [1.807, 2.05) is 12.1 Å². The molecule has 0 atom stereocenters. The molecule has 19 heavy (non-hydrogen) atoms. The molecule has 2 fully saturated rings. The first-order chi connectivity index (χ1) is 9.34. The fraction of sp³-hybridized carbons (Fsp3) is 0.588. The normalized spacial score (nSPS) is 20.4. The quantitative estimate of drug-likeness (QED) is 0.815. The zero-order valence-corrected chi connectivity index (χ0v) is 11.5. The Hall–Kier alpha value is -1.15. The third kappa shape index (κ3) is 2.89. The van der Waals surface area contributed by atoms with Crippen LogP contribution in [0.5, 0.6) is 0 Å². The van der Waals surface area contributed by atoms with E-state index in [4.69, 9.17) is 0 Å². The minimum Gasteiger partial charge on any atom is -0.307 e. The lowest BCUT2D eigenvalue weighted by molar-refractivity contribution is 0.0985. The van der Waals surface area contributed by atoms with Gasteiger partial charge in [0, 0.05) is 11.6 Å². The molecule has 2 aliphatic carbocycles. The van der Waals surface area contributed by atoms with Crippen LogP contribution >= 0.6 is 0 Å². The van der Waals surface area contributed by atoms with Crippen LogP contribution in [0.15, 0.2) is 24.3 Å². The molecule has 0 spiro atoms. The summed E-state index contributed by atoms with van der Waals surface area (Å²) in [5.74, 6) is 0.904. The van der Waals surface area contributed by atoms with Gasteiger partial charge in [-0.15, -0.1) is 0 Å². The van der Waals surface area contributed by atoms with Crippen LogP contribution in [0.3, 0.4) is 0 Å². The number of ketones is 1. The van der Waals surface area contributed by atoms with Crippen molar-refractivity contribution in [2.45, 2.75) is 56.9 Å². The number of Topliss-reactive ketones (excluding diaryl/α,β-unsaturated/α-hetero) is 1. The van der Waals surface area contributed by atoms with Crippen molar-refractivity contribution in [1.29, 1.82) is 0 Å². The molecule has 1 aromatic rings. The average Bonchev–Trinajstić information content (AvgIpc) is 2.88. The molecule has 0 amide bonds. The third-order valence-electron chi connectivity index (χ3n) is 4.71. The monoisotopic (exact) mass is 257 g/mol. The van der Waals surface area contributed by atoms with Crippen molar-refractivity contribution >= 4 is 5.78 Å². The molecule has 1 aromatic carbocycles. The highest BCUT2D eigenvalue weighted by atomic mass is 16.1. The van der Waals surface area contributed by atoms with Crippen LogP contribution in [0, 0.1) is 0 Å². The van der Waals surface area contributed by atoms with E-state index in [1.54, 1.807) is 0 Å². The van der Waals surface area contributed by atoms with Gasteiger partial charge < -0.3 is 5.32 Å². The summed E-state index contributed by atoms with van der Waals surface area (Å²) in [6.45, 7) is 0.508. The van der Waals surface area contributed by atoms with Crippen molar-refractivity contribution in [2.75, 3.05) is 6.54 Å². The summed E-state index contributed by atoms with van der Waals surface area (Å²) in [5, 5.41) is 3.43. The van der Waals surface area contributed by atoms with Crippen LogP contribution in [0.2, 0.25) is 0 Å². The number of benzene rings is 1. The predicted molar refractivity (Wildman–Crippen MR) is 77.6 cm³/mol. The van der Waals surface area contributed by atoms with Crippen molar-refractivity contribution < 1.29 is 4.79 Å². The Labute approximate surface area is 115 Å². The lowest BCUT2D eigenvalue weighted by Crippen LogP contribution is -2.32. The van der Waals surface area contributed by atoms with Gasteiger partial charge in [0.05, 0.1) is 6.54 Å². The van der Waals surface area contributed by atoms with Gasteiger partial charge in [-0.25, -0.2) is 0 Å². The molecule has 1 N–H and O–H groups in total. The van der Waals surface area contributed by atoms with Gasteiger partial charge in [-0.2, -0.15) is 0 Å². The minimum atomic E-state index is 0.273. The fourth-order valence-electron chi connectivity index (χ4n) is 3.29. The van der Waals surface area contributed by atoms with E-state index in [0.717, 1.165) is 5.56 Å². The molecule has 0 radical (unpaired) electrons. The van der Waals surface area contributed by atoms with Gasteiger partial charge in [-0.05, 0) is 37.2 Å². The molecule has 0 aromatic heterocycles. The molecule has 0 heterocycles. The maximum absolute atomic E-state index is 12.4. The van der Waals surface area contributed by atoms with Gasteiger partial charge >= 0.3 is 0 Å². The van der Waals surface area contributed by atoms with E-state index in [1.165, 1.54) is 50.5 Å². The van der Waals surface area contributed by atoms with Gasteiger partial charge in [-0.1, -0.05) is 43.5 Å². The molecule has 0 aliphatic heterocycles. The van der Waals surface area contributed by atoms with E-state index in [0.29, 0.717) is 18.5 Å². The Morgan fingerprint density at radius 2 is 1.79 bits per heavy atom. The lowest BCUT2D eigenvalue weighted by Gasteiger charge is -2.27. The smallest absolute Gasteiger partial charge is 0.176 e. The number of rotatable bonds is 5. The van der Waals surface area contributed by atoms with Crippen LogP contribution in [-0.4, -0.2) is 18.4 Å². The summed E-state index contributed by atoms with van der Waals surface area (Å²) in [6.07, 6.45) is 8.90. The van der Waals surface area contributed by atoms with Gasteiger partial charge in [0.15, 0.2) is 5.78 Å². The largest absolute Gasteiger partial charge is 0.307 e. The molecule has 0 unspecified atom stereocenters. The van der Waals surface area contributed by atoms with Crippen LogP contribution < -0.4 is 5.32 Å². The minimum absolute atomic E-state index is 0.273. The van der Waals surface area contributed by atoms with Crippen LogP contribution in [0.1, 0.15) is 66.8 Å². The first kappa shape index (κ1) is 12.9. The van der Waals surface area contributed by atoms with E-state index in [9.17, 15) is 4.79 Å². The SMILES string of the molecule is O=C(CNC1CCCC1)c1ccccc1C1CCC1. The van der Waals surface area contributed by atoms with Crippen molar-refractivity contribution in [3.8, 4) is 0 Å². The fourth-order valence-corrected chi connectivity index (χ4v) is 3.29. The summed E-state index contributed by atoms with van der Waals surface area (Å²) < 4.78 is 0. The Bertz CT molecular complexity index is 444. The second-order valence-corrected chi connectivity index (χ2v) is 6.00. The number of nitrogens with one attached hydrogen (secondary N) is 1. The number of carbonyl (C=O) groups is 1. The Morgan fingerprint density at radius 3 is 2.47 bits per heavy atom. The summed E-state index contributed by atoms with van der Waals surface area (Å²) in [6, 6.07) is 8.78. The molecular formula is C17H23NO. The molecule has 2 nitrogen and oxygen atoms in total. The Kier molecular flexibility index (Phi) is 3.97. The topological polar surface area (TPSA) is 29.1 Å². The number of carbonyl (C=O) groups excluding carboxylic acids is 1. The van der Waals surface area contributed by atoms with Crippen LogP contribution in [0.4, 0.5) is 0 Å². The molecule has 2 heteroatoms. The Morgan fingerprint density at radius 1 is 1.05 bits per heavy atom. The van der Waals surface area contributed by atoms with Crippen LogP contribution in [0.25, 0.3) is 0 Å². The summed E-state index contributed by atoms with van der Waals surface area (Å²) in [4.78, 5) is 12.4. The summed E-state index contributed by atoms with van der Waals surface area (Å²) >= 11 is 0. The molecule has 2 saturated carbocycles. The number of hydrogen-bond donors (Lipinski definition) is 1. The van der Waals surface area contributed by atoms with Crippen molar-refractivity contribution in [1.82, 2.24) is 5.32 Å². The lowest BCUT2D eigenvalue weighted by atomic mass is 9.77. The molecular weight excluding hydrogens is 234 g/mol. The van der Waals surface area contributed by atoms with Crippen molar-refractivity contribution in [3.05, 3.63) is 35.4 Å². The molecule has 2 aliphatic rings. The van der Waals surface area contributed by atoms with Crippen molar-refractivity contribution in [3.63, 3.8) is 0 Å². The highest BCUT2D eigenvalue weighted by molar-refractivity contribution is 5.99.